The van der Waals surface area contributed by atoms with Crippen LogP contribution in [0.2, 0.25) is 0 Å². The molecule has 3 aromatic carbocycles. The molecular formula is C23H12FNO4S. The number of benzene rings is 3. The van der Waals surface area contributed by atoms with Gasteiger partial charge in [-0.3, -0.25) is 0 Å². The molecular weight excluding hydrogens is 405 g/mol. The average molecular weight is 417 g/mol. The molecule has 0 atom stereocenters. The fourth-order valence-electron chi connectivity index (χ4n) is 3.04. The van der Waals surface area contributed by atoms with E-state index in [9.17, 15) is 14.0 Å². The van der Waals surface area contributed by atoms with Gasteiger partial charge in [-0.2, -0.15) is 0 Å². The molecule has 0 aliphatic heterocycles. The van der Waals surface area contributed by atoms with Crippen molar-refractivity contribution in [3.8, 4) is 16.3 Å². The normalized spacial score (nSPS) is 11.1. The van der Waals surface area contributed by atoms with Gasteiger partial charge in [0, 0.05) is 11.5 Å². The van der Waals surface area contributed by atoms with Gasteiger partial charge in [0.1, 0.15) is 22.2 Å². The van der Waals surface area contributed by atoms with Gasteiger partial charge in [0.05, 0.1) is 21.3 Å². The summed E-state index contributed by atoms with van der Waals surface area (Å²) in [5.41, 5.74) is 1.17. The summed E-state index contributed by atoms with van der Waals surface area (Å²) in [5, 5.41) is 1.25. The van der Waals surface area contributed by atoms with E-state index in [1.807, 2.05) is 24.3 Å². The third-order valence-electron chi connectivity index (χ3n) is 4.52. The number of nitrogens with zero attached hydrogens (tertiary/aromatic N) is 1. The fraction of sp³-hybridized carbons (Fsp3) is 0. The van der Waals surface area contributed by atoms with Crippen molar-refractivity contribution in [1.29, 1.82) is 0 Å². The van der Waals surface area contributed by atoms with Crippen molar-refractivity contribution >= 4 is 38.5 Å². The number of rotatable bonds is 3. The number of esters is 1. The molecule has 0 radical (unpaired) electrons. The Morgan fingerprint density at radius 3 is 2.60 bits per heavy atom. The third kappa shape index (κ3) is 3.35. The van der Waals surface area contributed by atoms with Crippen LogP contribution in [0.1, 0.15) is 10.4 Å². The highest BCUT2D eigenvalue weighted by Gasteiger charge is 2.14. The Hall–Kier alpha value is -3.84. The minimum atomic E-state index is -0.636. The fourth-order valence-corrected chi connectivity index (χ4v) is 4.01. The highest BCUT2D eigenvalue weighted by molar-refractivity contribution is 7.21. The van der Waals surface area contributed by atoms with E-state index in [1.165, 1.54) is 41.7 Å². The van der Waals surface area contributed by atoms with E-state index < -0.39 is 17.4 Å². The summed E-state index contributed by atoms with van der Waals surface area (Å²) in [6.07, 6.45) is 0. The maximum atomic E-state index is 13.0. The molecule has 0 fully saturated rings. The molecule has 146 valence electrons. The lowest BCUT2D eigenvalue weighted by Gasteiger charge is -2.06. The predicted octanol–water partition coefficient (Wildman–Crippen LogP) is 5.43. The van der Waals surface area contributed by atoms with Crippen LogP contribution in [0.4, 0.5) is 4.39 Å². The number of fused-ring (bicyclic) bond motifs is 2. The van der Waals surface area contributed by atoms with Crippen LogP contribution in [-0.2, 0) is 0 Å². The van der Waals surface area contributed by atoms with Gasteiger partial charge in [-0.05, 0) is 54.6 Å². The van der Waals surface area contributed by atoms with Crippen molar-refractivity contribution in [3.05, 3.63) is 94.6 Å². The van der Waals surface area contributed by atoms with E-state index in [4.69, 9.17) is 9.15 Å². The van der Waals surface area contributed by atoms with Crippen LogP contribution < -0.4 is 10.4 Å². The van der Waals surface area contributed by atoms with Crippen molar-refractivity contribution < 1.29 is 18.3 Å². The summed E-state index contributed by atoms with van der Waals surface area (Å²) in [6, 6.07) is 19.2. The molecule has 0 unspecified atom stereocenters. The van der Waals surface area contributed by atoms with Gasteiger partial charge in [0.15, 0.2) is 0 Å². The maximum Gasteiger partial charge on any atom is 0.346 e. The second-order valence-electron chi connectivity index (χ2n) is 6.53. The summed E-state index contributed by atoms with van der Waals surface area (Å²) in [5.74, 6) is -0.863. The number of hydrogen-bond donors (Lipinski definition) is 0. The summed E-state index contributed by atoms with van der Waals surface area (Å²) in [7, 11) is 0. The molecule has 5 rings (SSSR count). The van der Waals surface area contributed by atoms with E-state index in [2.05, 4.69) is 4.98 Å². The minimum Gasteiger partial charge on any atom is -0.423 e. The Balaban J connectivity index is 1.48. The van der Waals surface area contributed by atoms with Crippen LogP contribution in [0.3, 0.4) is 0 Å². The number of hydrogen-bond acceptors (Lipinski definition) is 6. The number of carbonyl (C=O) groups is 1. The van der Waals surface area contributed by atoms with E-state index in [0.717, 1.165) is 10.2 Å². The first-order chi connectivity index (χ1) is 14.6. The molecule has 0 aliphatic rings. The molecule has 5 aromatic rings. The van der Waals surface area contributed by atoms with Crippen LogP contribution in [0, 0.1) is 5.82 Å². The van der Waals surface area contributed by atoms with Crippen molar-refractivity contribution in [3.63, 3.8) is 0 Å². The standard InChI is InChI=1S/C23H12FNO4S/c24-15-8-5-13(6-9-15)22(26)28-16-10-7-14-11-17(23(27)29-19(14)12-16)21-25-18-3-1-2-4-20(18)30-21/h1-12H. The summed E-state index contributed by atoms with van der Waals surface area (Å²) < 4.78 is 24.8. The Morgan fingerprint density at radius 2 is 1.80 bits per heavy atom. The van der Waals surface area contributed by atoms with Gasteiger partial charge >= 0.3 is 11.6 Å². The van der Waals surface area contributed by atoms with E-state index in [0.29, 0.717) is 16.0 Å². The van der Waals surface area contributed by atoms with Crippen LogP contribution >= 0.6 is 11.3 Å². The zero-order valence-electron chi connectivity index (χ0n) is 15.3. The lowest BCUT2D eigenvalue weighted by molar-refractivity contribution is 0.0735. The first-order valence-corrected chi connectivity index (χ1v) is 9.80. The average Bonchev–Trinajstić information content (AvgIpc) is 3.17. The van der Waals surface area contributed by atoms with Gasteiger partial charge < -0.3 is 9.15 Å². The number of carbonyl (C=O) groups excluding carboxylic acids is 1. The first kappa shape index (κ1) is 18.2. The molecule has 5 nitrogen and oxygen atoms in total. The monoisotopic (exact) mass is 417 g/mol. The largest absolute Gasteiger partial charge is 0.423 e. The molecule has 0 N–H and O–H groups in total. The van der Waals surface area contributed by atoms with Gasteiger partial charge in [0.2, 0.25) is 0 Å². The minimum absolute atomic E-state index is 0.212. The highest BCUT2D eigenvalue weighted by atomic mass is 32.1. The van der Waals surface area contributed by atoms with Gasteiger partial charge in [0.25, 0.3) is 0 Å². The SMILES string of the molecule is O=C(Oc1ccc2cc(-c3nc4ccccc4s3)c(=O)oc2c1)c1ccc(F)cc1. The Morgan fingerprint density at radius 1 is 1.00 bits per heavy atom. The number of aromatic nitrogens is 1. The molecule has 0 saturated carbocycles. The molecule has 0 aliphatic carbocycles. The zero-order chi connectivity index (χ0) is 20.7. The molecule has 7 heteroatoms. The third-order valence-corrected chi connectivity index (χ3v) is 5.59. The molecule has 0 spiro atoms. The van der Waals surface area contributed by atoms with Crippen LogP contribution in [0.15, 0.2) is 82.0 Å². The van der Waals surface area contributed by atoms with Crippen LogP contribution in [-0.4, -0.2) is 11.0 Å². The summed E-state index contributed by atoms with van der Waals surface area (Å²) >= 11 is 1.42. The summed E-state index contributed by atoms with van der Waals surface area (Å²) in [4.78, 5) is 29.3. The van der Waals surface area contributed by atoms with Gasteiger partial charge in [-0.1, -0.05) is 12.1 Å². The first-order valence-electron chi connectivity index (χ1n) is 8.98. The lowest BCUT2D eigenvalue weighted by atomic mass is 10.2. The maximum absolute atomic E-state index is 13.0. The van der Waals surface area contributed by atoms with E-state index in [-0.39, 0.29) is 16.9 Å². The molecule has 0 amide bonds. The topological polar surface area (TPSA) is 69.4 Å². The van der Waals surface area contributed by atoms with Crippen molar-refractivity contribution in [2.24, 2.45) is 0 Å². The quantitative estimate of drug-likeness (QED) is 0.222. The molecule has 0 saturated heterocycles. The number of thiazole rings is 1. The Bertz CT molecular complexity index is 1440. The predicted molar refractivity (Wildman–Crippen MR) is 112 cm³/mol. The lowest BCUT2D eigenvalue weighted by Crippen LogP contribution is -2.08. The molecule has 2 aromatic heterocycles. The highest BCUT2D eigenvalue weighted by Crippen LogP contribution is 2.30. The second-order valence-corrected chi connectivity index (χ2v) is 7.56. The van der Waals surface area contributed by atoms with Crippen molar-refractivity contribution in [2.45, 2.75) is 0 Å². The second kappa shape index (κ2) is 7.20. The number of ether oxygens (including phenoxy) is 1. The van der Waals surface area contributed by atoms with Crippen molar-refractivity contribution in [2.75, 3.05) is 0 Å². The van der Waals surface area contributed by atoms with E-state index in [1.54, 1.807) is 18.2 Å². The number of para-hydroxylation sites is 1. The molecule has 0 bridgehead atoms. The van der Waals surface area contributed by atoms with Gasteiger partial charge in [-0.25, -0.2) is 19.0 Å². The van der Waals surface area contributed by atoms with Crippen LogP contribution in [0.25, 0.3) is 31.8 Å². The Labute approximate surface area is 173 Å². The smallest absolute Gasteiger partial charge is 0.346 e. The van der Waals surface area contributed by atoms with Crippen molar-refractivity contribution in [1.82, 2.24) is 4.98 Å². The van der Waals surface area contributed by atoms with E-state index >= 15 is 0 Å². The Kier molecular flexibility index (Phi) is 4.37. The van der Waals surface area contributed by atoms with Crippen LogP contribution in [0.5, 0.6) is 5.75 Å². The molecule has 2 heterocycles. The zero-order valence-corrected chi connectivity index (χ0v) is 16.1. The number of halogens is 1. The van der Waals surface area contributed by atoms with Gasteiger partial charge in [-0.15, -0.1) is 11.3 Å². The summed E-state index contributed by atoms with van der Waals surface area (Å²) in [6.45, 7) is 0. The molecule has 30 heavy (non-hydrogen) atoms.